The number of aromatic nitrogens is 4. The van der Waals surface area contributed by atoms with Crippen molar-refractivity contribution in [3.63, 3.8) is 0 Å². The molecule has 6 nitrogen and oxygen atoms in total. The standard InChI is InChI=1S/C25H13F3N4O2/c26-25(27,28)17-2-1-3-18(12-17)32-23(33)9-6-16-13-29-20-7-4-14(10-19(20)24(16)32)15-5-8-21-22(11-15)31-34-30-21/h1-13H. The summed E-state index contributed by atoms with van der Waals surface area (Å²) in [6, 6.07) is 18.7. The third-order valence-electron chi connectivity index (χ3n) is 5.74. The average molecular weight is 458 g/mol. The Morgan fingerprint density at radius 2 is 1.56 bits per heavy atom. The first kappa shape index (κ1) is 20.1. The van der Waals surface area contributed by atoms with Crippen molar-refractivity contribution in [1.82, 2.24) is 19.9 Å². The first-order valence-corrected chi connectivity index (χ1v) is 10.2. The van der Waals surface area contributed by atoms with Gasteiger partial charge in [-0.25, -0.2) is 4.63 Å². The van der Waals surface area contributed by atoms with Gasteiger partial charge in [0.2, 0.25) is 0 Å². The molecule has 0 amide bonds. The Hall–Kier alpha value is -4.53. The second-order valence-electron chi connectivity index (χ2n) is 7.82. The molecule has 3 aromatic carbocycles. The number of benzene rings is 3. The maximum atomic E-state index is 13.4. The molecule has 0 unspecified atom stereocenters. The van der Waals surface area contributed by atoms with E-state index in [2.05, 4.69) is 15.3 Å². The van der Waals surface area contributed by atoms with Crippen molar-refractivity contribution in [2.75, 3.05) is 0 Å². The zero-order chi connectivity index (χ0) is 23.4. The van der Waals surface area contributed by atoms with E-state index in [9.17, 15) is 18.0 Å². The van der Waals surface area contributed by atoms with Gasteiger partial charge in [0.25, 0.3) is 5.56 Å². The number of alkyl halides is 3. The van der Waals surface area contributed by atoms with Gasteiger partial charge in [0.15, 0.2) is 0 Å². The van der Waals surface area contributed by atoms with Crippen molar-refractivity contribution >= 4 is 32.8 Å². The predicted molar refractivity (Wildman–Crippen MR) is 121 cm³/mol. The lowest BCUT2D eigenvalue weighted by Gasteiger charge is -2.15. The van der Waals surface area contributed by atoms with Crippen molar-refractivity contribution < 1.29 is 17.8 Å². The molecule has 6 rings (SSSR count). The molecule has 3 aromatic heterocycles. The van der Waals surface area contributed by atoms with E-state index < -0.39 is 17.3 Å². The highest BCUT2D eigenvalue weighted by Crippen LogP contribution is 2.33. The van der Waals surface area contributed by atoms with E-state index in [4.69, 9.17) is 4.63 Å². The van der Waals surface area contributed by atoms with Gasteiger partial charge in [-0.05, 0) is 70.0 Å². The number of hydrogen-bond acceptors (Lipinski definition) is 5. The van der Waals surface area contributed by atoms with Crippen LogP contribution in [0, 0.1) is 0 Å². The zero-order valence-electron chi connectivity index (χ0n) is 17.2. The van der Waals surface area contributed by atoms with E-state index in [1.807, 2.05) is 30.3 Å². The van der Waals surface area contributed by atoms with E-state index in [-0.39, 0.29) is 5.69 Å². The summed E-state index contributed by atoms with van der Waals surface area (Å²) in [4.78, 5) is 17.4. The van der Waals surface area contributed by atoms with Crippen LogP contribution in [0.25, 0.3) is 49.7 Å². The smallest absolute Gasteiger partial charge is 0.276 e. The van der Waals surface area contributed by atoms with Crippen LogP contribution < -0.4 is 5.56 Å². The van der Waals surface area contributed by atoms with Crippen LogP contribution in [0.15, 0.2) is 88.4 Å². The molecule has 0 N–H and O–H groups in total. The van der Waals surface area contributed by atoms with Gasteiger partial charge >= 0.3 is 6.18 Å². The van der Waals surface area contributed by atoms with Crippen molar-refractivity contribution in [2.45, 2.75) is 6.18 Å². The fourth-order valence-corrected chi connectivity index (χ4v) is 4.13. The van der Waals surface area contributed by atoms with Crippen LogP contribution in [0.3, 0.4) is 0 Å². The van der Waals surface area contributed by atoms with E-state index in [0.717, 1.165) is 23.3 Å². The molecule has 6 aromatic rings. The molecule has 0 bridgehead atoms. The van der Waals surface area contributed by atoms with Gasteiger partial charge < -0.3 is 0 Å². The number of hydrogen-bond donors (Lipinski definition) is 0. The second kappa shape index (κ2) is 7.24. The Kier molecular flexibility index (Phi) is 4.28. The SMILES string of the molecule is O=c1ccc2cnc3ccc(-c4ccc5nonc5c4)cc3c2n1-c1cccc(C(F)(F)F)c1. The monoisotopic (exact) mass is 458 g/mol. The molecule has 3 heterocycles. The van der Waals surface area contributed by atoms with Crippen molar-refractivity contribution in [3.8, 4) is 16.8 Å². The van der Waals surface area contributed by atoms with Crippen molar-refractivity contribution in [2.24, 2.45) is 0 Å². The molecule has 9 heteroatoms. The molecule has 34 heavy (non-hydrogen) atoms. The lowest BCUT2D eigenvalue weighted by Crippen LogP contribution is -2.18. The first-order valence-electron chi connectivity index (χ1n) is 10.2. The molecule has 0 spiro atoms. The molecule has 0 saturated carbocycles. The highest BCUT2D eigenvalue weighted by molar-refractivity contribution is 6.05. The molecular formula is C25H13F3N4O2. The Bertz CT molecular complexity index is 1790. The summed E-state index contributed by atoms with van der Waals surface area (Å²) in [7, 11) is 0. The van der Waals surface area contributed by atoms with Gasteiger partial charge in [-0.1, -0.05) is 18.2 Å². The Morgan fingerprint density at radius 1 is 0.794 bits per heavy atom. The summed E-state index contributed by atoms with van der Waals surface area (Å²) in [5.41, 5.74) is 2.80. The van der Waals surface area contributed by atoms with E-state index in [1.54, 1.807) is 18.3 Å². The molecule has 0 aliphatic heterocycles. The third kappa shape index (κ3) is 3.21. The lowest BCUT2D eigenvalue weighted by molar-refractivity contribution is -0.137. The summed E-state index contributed by atoms with van der Waals surface area (Å²) in [6.07, 6.45) is -2.93. The maximum absolute atomic E-state index is 13.4. The Labute approximate surface area is 188 Å². The Morgan fingerprint density at radius 3 is 2.38 bits per heavy atom. The summed E-state index contributed by atoms with van der Waals surface area (Å²) in [5, 5.41) is 8.94. The average Bonchev–Trinajstić information content (AvgIpc) is 3.31. The van der Waals surface area contributed by atoms with Gasteiger partial charge in [-0.15, -0.1) is 0 Å². The number of rotatable bonds is 2. The largest absolute Gasteiger partial charge is 0.416 e. The van der Waals surface area contributed by atoms with E-state index in [1.165, 1.54) is 22.8 Å². The van der Waals surface area contributed by atoms with Crippen molar-refractivity contribution in [1.29, 1.82) is 0 Å². The second-order valence-corrected chi connectivity index (χ2v) is 7.82. The molecule has 0 saturated heterocycles. The summed E-state index contributed by atoms with van der Waals surface area (Å²) >= 11 is 0. The maximum Gasteiger partial charge on any atom is 0.416 e. The van der Waals surface area contributed by atoms with Crippen LogP contribution in [0.5, 0.6) is 0 Å². The highest BCUT2D eigenvalue weighted by atomic mass is 19.4. The van der Waals surface area contributed by atoms with Gasteiger partial charge in [-0.3, -0.25) is 14.3 Å². The molecule has 0 aliphatic carbocycles. The van der Waals surface area contributed by atoms with Crippen LogP contribution in [0.2, 0.25) is 0 Å². The zero-order valence-corrected chi connectivity index (χ0v) is 17.2. The normalized spacial score (nSPS) is 12.1. The summed E-state index contributed by atoms with van der Waals surface area (Å²) in [6.45, 7) is 0. The first-order chi connectivity index (χ1) is 16.4. The minimum Gasteiger partial charge on any atom is -0.276 e. The van der Waals surface area contributed by atoms with E-state index in [0.29, 0.717) is 32.8 Å². The quantitative estimate of drug-likeness (QED) is 0.309. The number of fused-ring (bicyclic) bond motifs is 4. The lowest BCUT2D eigenvalue weighted by atomic mass is 10.0. The minimum atomic E-state index is -4.53. The minimum absolute atomic E-state index is 0.124. The third-order valence-corrected chi connectivity index (χ3v) is 5.74. The fraction of sp³-hybridized carbons (Fsp3) is 0.0400. The van der Waals surface area contributed by atoms with E-state index >= 15 is 0 Å². The molecule has 0 radical (unpaired) electrons. The fourth-order valence-electron chi connectivity index (χ4n) is 4.13. The molecule has 0 aliphatic rings. The highest BCUT2D eigenvalue weighted by Gasteiger charge is 2.30. The predicted octanol–water partition coefficient (Wildman–Crippen LogP) is 5.76. The number of halogens is 3. The number of pyridine rings is 2. The molecule has 166 valence electrons. The van der Waals surface area contributed by atoms with Gasteiger partial charge in [0, 0.05) is 28.7 Å². The van der Waals surface area contributed by atoms with Gasteiger partial charge in [0.05, 0.1) is 16.6 Å². The van der Waals surface area contributed by atoms with Gasteiger partial charge in [-0.2, -0.15) is 13.2 Å². The summed E-state index contributed by atoms with van der Waals surface area (Å²) in [5.74, 6) is 0. The topological polar surface area (TPSA) is 73.8 Å². The molecule has 0 atom stereocenters. The van der Waals surface area contributed by atoms with Crippen LogP contribution in [0.4, 0.5) is 13.2 Å². The van der Waals surface area contributed by atoms with Crippen LogP contribution >= 0.6 is 0 Å². The molecule has 0 fully saturated rings. The van der Waals surface area contributed by atoms with Crippen LogP contribution in [-0.2, 0) is 6.18 Å². The Balaban J connectivity index is 1.65. The van der Waals surface area contributed by atoms with Crippen LogP contribution in [0.1, 0.15) is 5.56 Å². The van der Waals surface area contributed by atoms with Crippen molar-refractivity contribution in [3.05, 3.63) is 94.9 Å². The number of nitrogens with zero attached hydrogens (tertiary/aromatic N) is 4. The van der Waals surface area contributed by atoms with Gasteiger partial charge in [0.1, 0.15) is 11.0 Å². The summed E-state index contributed by atoms with van der Waals surface area (Å²) < 4.78 is 46.2. The van der Waals surface area contributed by atoms with Crippen LogP contribution in [-0.4, -0.2) is 19.9 Å². The molecular weight excluding hydrogens is 445 g/mol.